The summed E-state index contributed by atoms with van der Waals surface area (Å²) in [6, 6.07) is 25.2. The topological polar surface area (TPSA) is 125 Å². The number of nitrogens with zero attached hydrogens (tertiary/aromatic N) is 1. The summed E-state index contributed by atoms with van der Waals surface area (Å²) in [5.74, 6) is 1.42. The van der Waals surface area contributed by atoms with Crippen molar-refractivity contribution in [2.24, 2.45) is 0 Å². The third kappa shape index (κ3) is 5.72. The van der Waals surface area contributed by atoms with Crippen LogP contribution in [0.4, 0.5) is 0 Å². The van der Waals surface area contributed by atoms with Gasteiger partial charge in [0.05, 0.1) is 44.8 Å². The van der Waals surface area contributed by atoms with Crippen molar-refractivity contribution in [3.05, 3.63) is 136 Å². The van der Waals surface area contributed by atoms with Gasteiger partial charge in [0.25, 0.3) is 0 Å². The van der Waals surface area contributed by atoms with E-state index in [1.165, 1.54) is 6.26 Å². The first kappa shape index (κ1) is 31.3. The van der Waals surface area contributed by atoms with E-state index in [0.717, 1.165) is 28.0 Å². The Kier molecular flexibility index (Phi) is 9.05. The normalized spacial score (nSPS) is 20.8. The second-order valence-electron chi connectivity index (χ2n) is 11.0. The van der Waals surface area contributed by atoms with E-state index < -0.39 is 35.7 Å². The fourth-order valence-electron chi connectivity index (χ4n) is 6.18. The maximum Gasteiger partial charge on any atom is 0.348 e. The number of aromatic nitrogens is 2. The molecule has 5 atom stereocenters. The van der Waals surface area contributed by atoms with Gasteiger partial charge in [-0.05, 0) is 59.5 Å². The van der Waals surface area contributed by atoms with Crippen LogP contribution in [-0.4, -0.2) is 60.8 Å². The molecule has 0 saturated carbocycles. The van der Waals surface area contributed by atoms with Crippen molar-refractivity contribution in [1.29, 1.82) is 0 Å². The molecule has 6 rings (SSSR count). The minimum Gasteiger partial charge on any atom is -0.497 e. The van der Waals surface area contributed by atoms with Gasteiger partial charge in [0.15, 0.2) is 0 Å². The zero-order valence-corrected chi connectivity index (χ0v) is 25.8. The number of hydrogen-bond donors (Lipinski definition) is 2. The molecule has 1 aliphatic rings. The van der Waals surface area contributed by atoms with Gasteiger partial charge in [-0.25, -0.2) is 4.79 Å². The van der Waals surface area contributed by atoms with Gasteiger partial charge in [-0.1, -0.05) is 54.6 Å². The number of methoxy groups -OCH3 is 2. The molecule has 1 aliphatic heterocycles. The maximum absolute atomic E-state index is 12.4. The second kappa shape index (κ2) is 13.3. The van der Waals surface area contributed by atoms with Crippen molar-refractivity contribution >= 4 is 11.1 Å². The smallest absolute Gasteiger partial charge is 0.348 e. The number of benzene rings is 3. The largest absolute Gasteiger partial charge is 0.497 e. The molecule has 1 saturated heterocycles. The van der Waals surface area contributed by atoms with Gasteiger partial charge in [0, 0.05) is 0 Å². The summed E-state index contributed by atoms with van der Waals surface area (Å²) in [5.41, 5.74) is 2.36. The average Bonchev–Trinajstić information content (AvgIpc) is 3.68. The third-order valence-electron chi connectivity index (χ3n) is 8.36. The van der Waals surface area contributed by atoms with Gasteiger partial charge in [0.2, 0.25) is 5.71 Å². The Bertz CT molecular complexity index is 1850. The molecule has 2 N–H and O–H groups in total. The lowest BCUT2D eigenvalue weighted by Gasteiger charge is -2.38. The number of furan rings is 1. The lowest BCUT2D eigenvalue weighted by Crippen LogP contribution is -2.40. The summed E-state index contributed by atoms with van der Waals surface area (Å²) in [4.78, 5) is 19.1. The average molecular weight is 625 g/mol. The number of rotatable bonds is 12. The molecule has 238 valence electrons. The van der Waals surface area contributed by atoms with Crippen molar-refractivity contribution in [3.63, 3.8) is 0 Å². The molecule has 2 aromatic heterocycles. The number of hydrogen-bond acceptors (Lipinski definition) is 9. The molecule has 10 heteroatoms. The molecule has 0 aliphatic carbocycles. The quantitative estimate of drug-likeness (QED) is 0.142. The van der Waals surface area contributed by atoms with Crippen molar-refractivity contribution in [1.82, 2.24) is 9.97 Å². The summed E-state index contributed by atoms with van der Waals surface area (Å²) in [5, 5.41) is 12.2. The Labute approximate surface area is 266 Å². The molecule has 1 fully saturated rings. The number of aliphatic hydroxyl groups excluding tert-OH is 1. The van der Waals surface area contributed by atoms with Crippen LogP contribution in [0.15, 0.2) is 107 Å². The Morgan fingerprint density at radius 3 is 2.41 bits per heavy atom. The van der Waals surface area contributed by atoms with Crippen LogP contribution in [0.2, 0.25) is 0 Å². The van der Waals surface area contributed by atoms with Crippen molar-refractivity contribution < 1.29 is 33.2 Å². The van der Waals surface area contributed by atoms with Crippen LogP contribution in [0.3, 0.4) is 0 Å². The summed E-state index contributed by atoms with van der Waals surface area (Å²) in [7, 11) is 3.25. The van der Waals surface area contributed by atoms with Crippen LogP contribution >= 0.6 is 0 Å². The van der Waals surface area contributed by atoms with E-state index in [4.69, 9.17) is 28.1 Å². The Balaban J connectivity index is 1.44. The minimum atomic E-state index is -1.13. The van der Waals surface area contributed by atoms with E-state index in [0.29, 0.717) is 16.8 Å². The van der Waals surface area contributed by atoms with E-state index in [2.05, 4.69) is 16.5 Å². The summed E-state index contributed by atoms with van der Waals surface area (Å²) >= 11 is 0. The first-order chi connectivity index (χ1) is 22.4. The van der Waals surface area contributed by atoms with Crippen LogP contribution < -0.4 is 15.2 Å². The highest BCUT2D eigenvalue weighted by Gasteiger charge is 2.48. The van der Waals surface area contributed by atoms with E-state index >= 15 is 0 Å². The first-order valence-electron chi connectivity index (χ1n) is 14.9. The summed E-state index contributed by atoms with van der Waals surface area (Å²) < 4.78 is 36.0. The van der Waals surface area contributed by atoms with Crippen LogP contribution in [0.1, 0.15) is 34.1 Å². The van der Waals surface area contributed by atoms with Crippen LogP contribution in [0.5, 0.6) is 11.5 Å². The Hall–Kier alpha value is -4.74. The SMILES string of the molecule is C=CCO[C@H]1C(c2[nH]c(=O)nc3occc23)O[C@H](COC(c2ccccc2)(c2ccc(OC)cc2)c2ccc(OC)cc2C)[C@@H]1O. The molecule has 0 spiro atoms. The minimum absolute atomic E-state index is 0.0398. The van der Waals surface area contributed by atoms with E-state index in [9.17, 15) is 9.90 Å². The maximum atomic E-state index is 12.4. The molecule has 3 aromatic carbocycles. The molecule has 0 bridgehead atoms. The summed E-state index contributed by atoms with van der Waals surface area (Å²) in [6.07, 6.45) is -0.636. The van der Waals surface area contributed by atoms with Crippen LogP contribution in [-0.2, 0) is 19.8 Å². The third-order valence-corrected chi connectivity index (χ3v) is 8.36. The highest BCUT2D eigenvalue weighted by atomic mass is 16.6. The molecular weight excluding hydrogens is 588 g/mol. The number of aliphatic hydroxyl groups is 1. The van der Waals surface area contributed by atoms with E-state index in [-0.39, 0.29) is 18.9 Å². The predicted molar refractivity (Wildman–Crippen MR) is 171 cm³/mol. The van der Waals surface area contributed by atoms with Gasteiger partial charge in [-0.3, -0.25) is 0 Å². The van der Waals surface area contributed by atoms with Gasteiger partial charge in [-0.2, -0.15) is 4.98 Å². The number of ether oxygens (including phenoxy) is 5. The molecule has 0 amide bonds. The molecular formula is C36H36N2O8. The number of H-pyrrole nitrogens is 1. The van der Waals surface area contributed by atoms with Gasteiger partial charge in [-0.15, -0.1) is 6.58 Å². The van der Waals surface area contributed by atoms with Crippen molar-refractivity contribution in [2.45, 2.75) is 36.9 Å². The highest BCUT2D eigenvalue weighted by Crippen LogP contribution is 2.45. The molecule has 3 heterocycles. The first-order valence-corrected chi connectivity index (χ1v) is 14.9. The fraction of sp³-hybridized carbons (Fsp3) is 0.278. The number of aryl methyl sites for hydroxylation is 1. The Morgan fingerprint density at radius 2 is 1.72 bits per heavy atom. The number of aromatic amines is 1. The van der Waals surface area contributed by atoms with Gasteiger partial charge in [0.1, 0.15) is 41.5 Å². The lowest BCUT2D eigenvalue weighted by atomic mass is 9.78. The molecule has 46 heavy (non-hydrogen) atoms. The molecule has 0 radical (unpaired) electrons. The van der Waals surface area contributed by atoms with Gasteiger partial charge < -0.3 is 38.2 Å². The molecule has 5 aromatic rings. The monoisotopic (exact) mass is 624 g/mol. The van der Waals surface area contributed by atoms with Crippen molar-refractivity contribution in [3.8, 4) is 11.5 Å². The number of nitrogens with one attached hydrogen (secondary N) is 1. The van der Waals surface area contributed by atoms with Crippen LogP contribution in [0, 0.1) is 6.92 Å². The predicted octanol–water partition coefficient (Wildman–Crippen LogP) is 5.22. The standard InChI is InChI=1S/C36H36N2O8/c1-5-18-43-33-31(39)29(46-32(33)30-27-17-19-44-34(27)38-35(40)37-30)21-45-36(23-9-7-6-8-10-23,24-11-13-25(41-3)14-12-24)28-16-15-26(42-4)20-22(28)2/h5-17,19-20,29,31-33,39H,1,18,21H2,2-4H3,(H,37,38,40)/t29-,31+,32?,33-,36?/m1/s1. The van der Waals surface area contributed by atoms with Crippen LogP contribution in [0.25, 0.3) is 11.1 Å². The zero-order valence-electron chi connectivity index (χ0n) is 25.8. The van der Waals surface area contributed by atoms with E-state index in [1.54, 1.807) is 26.4 Å². The molecule has 10 nitrogen and oxygen atoms in total. The highest BCUT2D eigenvalue weighted by molar-refractivity contribution is 5.76. The lowest BCUT2D eigenvalue weighted by molar-refractivity contribution is -0.0833. The number of fused-ring (bicyclic) bond motifs is 1. The zero-order chi connectivity index (χ0) is 32.3. The fourth-order valence-corrected chi connectivity index (χ4v) is 6.18. The van der Waals surface area contributed by atoms with Crippen molar-refractivity contribution in [2.75, 3.05) is 27.4 Å². The second-order valence-corrected chi connectivity index (χ2v) is 11.0. The van der Waals surface area contributed by atoms with Gasteiger partial charge >= 0.3 is 5.69 Å². The van der Waals surface area contributed by atoms with E-state index in [1.807, 2.05) is 79.7 Å². The Morgan fingerprint density at radius 1 is 1.00 bits per heavy atom. The molecule has 2 unspecified atom stereocenters. The summed E-state index contributed by atoms with van der Waals surface area (Å²) in [6.45, 7) is 5.87.